The molecule has 0 amide bonds. The van der Waals surface area contributed by atoms with E-state index < -0.39 is 164 Å². The van der Waals surface area contributed by atoms with Crippen LogP contribution in [-0.2, 0) is 0 Å². The highest BCUT2D eigenvalue weighted by Crippen LogP contribution is 2.65. The number of hydrogen-bond donors (Lipinski definition) is 2. The summed E-state index contributed by atoms with van der Waals surface area (Å²) in [4.78, 5) is 18.0. The summed E-state index contributed by atoms with van der Waals surface area (Å²) in [6.45, 7) is 0. The van der Waals surface area contributed by atoms with E-state index in [0.29, 0.717) is 0 Å². The summed E-state index contributed by atoms with van der Waals surface area (Å²) in [5.74, 6) is -103. The Bertz CT molecular complexity index is 1470. The highest BCUT2D eigenvalue weighted by atomic mass is 29.5. The minimum atomic E-state index is -8.60. The SMILES string of the molecule is O[SiH](CCC(F)(F)C(F)(F)C(F)(F)C(F)(F)C(F)(F)C(F)(F)C(F)(F)C(F)(F)F)[SiH2][SiH3].O[SiH]([SiH2][SiH3])C(F)(F)C(F)(F)C(F)(F)C(F)(F)C(F)(F)C(F)(F)C(F)(F)CCC(F)(F)F. The van der Waals surface area contributed by atoms with Gasteiger partial charge in [-0.25, -0.2) is 8.78 Å². The number of alkyl halides is 34. The van der Waals surface area contributed by atoms with Crippen LogP contribution in [0.4, 0.5) is 149 Å². The fraction of sp³-hybridized carbons (Fsp3) is 1.00. The molecule has 0 radical (unpaired) electrons. The molecule has 2 N–H and O–H groups in total. The molecule has 0 spiro atoms. The van der Waals surface area contributed by atoms with Gasteiger partial charge in [0.25, 0.3) is 0 Å². The van der Waals surface area contributed by atoms with E-state index in [1.807, 2.05) is 0 Å². The first-order valence-corrected chi connectivity index (χ1v) is 35.5. The minimum absolute atomic E-state index is 0.231. The summed E-state index contributed by atoms with van der Waals surface area (Å²) in [6.07, 6.45) is -22.4. The van der Waals surface area contributed by atoms with E-state index >= 15 is 0 Å². The molecule has 0 aliphatic heterocycles. The van der Waals surface area contributed by atoms with E-state index in [1.165, 1.54) is 0 Å². The van der Waals surface area contributed by atoms with Crippen molar-refractivity contribution >= 4 is 53.7 Å². The summed E-state index contributed by atoms with van der Waals surface area (Å²) in [5.41, 5.74) is -6.43. The zero-order valence-electron chi connectivity index (χ0n) is 29.1. The highest BCUT2D eigenvalue weighted by molar-refractivity contribution is 7.29. The largest absolute Gasteiger partial charge is 0.460 e. The van der Waals surface area contributed by atoms with Gasteiger partial charge in [0.15, 0.2) is 0 Å². The smallest absolute Gasteiger partial charge is 0.439 e. The van der Waals surface area contributed by atoms with Crippen LogP contribution in [0.5, 0.6) is 0 Å². The molecule has 0 bridgehead atoms. The summed E-state index contributed by atoms with van der Waals surface area (Å²) >= 11 is 0. The Balaban J connectivity index is 0. The normalized spacial score (nSPS) is 17.6. The molecule has 0 fully saturated rings. The van der Waals surface area contributed by atoms with Gasteiger partial charge in [0.05, 0.1) is 0 Å². The lowest BCUT2D eigenvalue weighted by atomic mass is 9.88. The molecule has 0 aromatic carbocycles. The van der Waals surface area contributed by atoms with Crippen LogP contribution in [0.25, 0.3) is 0 Å². The van der Waals surface area contributed by atoms with Gasteiger partial charge in [0, 0.05) is 36.4 Å². The van der Waals surface area contributed by atoms with Gasteiger partial charge < -0.3 is 9.59 Å². The monoisotopic (exact) mass is 1110 g/mol. The average Bonchev–Trinajstić information content (AvgIpc) is 3.07. The van der Waals surface area contributed by atoms with Crippen molar-refractivity contribution in [2.75, 3.05) is 0 Å². The Morgan fingerprint density at radius 1 is 0.323 bits per heavy atom. The van der Waals surface area contributed by atoms with Crippen molar-refractivity contribution in [3.8, 4) is 0 Å². The van der Waals surface area contributed by atoms with E-state index in [4.69, 9.17) is 9.59 Å². The second-order valence-corrected chi connectivity index (χ2v) is 42.5. The molecular weight excluding hydrogens is 1090 g/mol. The fourth-order valence-electron chi connectivity index (χ4n) is 3.86. The van der Waals surface area contributed by atoms with Crippen molar-refractivity contribution in [1.29, 1.82) is 0 Å². The average molecular weight is 1110 g/mol. The summed E-state index contributed by atoms with van der Waals surface area (Å²) in [7, 11) is -12.6. The van der Waals surface area contributed by atoms with Gasteiger partial charge >= 0.3 is 94.9 Å². The van der Waals surface area contributed by atoms with E-state index in [1.54, 1.807) is 0 Å². The minimum Gasteiger partial charge on any atom is -0.439 e. The molecule has 0 aromatic rings. The maximum Gasteiger partial charge on any atom is 0.460 e. The molecule has 376 valence electrons. The summed E-state index contributed by atoms with van der Waals surface area (Å²) in [5, 5.41) is 0. The fourth-order valence-corrected chi connectivity index (χ4v) is 18.5. The van der Waals surface area contributed by atoms with E-state index in [2.05, 4.69) is 0 Å². The van der Waals surface area contributed by atoms with Crippen LogP contribution in [0.2, 0.25) is 6.04 Å². The third kappa shape index (κ3) is 10.2. The molecule has 0 rings (SSSR count). The lowest BCUT2D eigenvalue weighted by Gasteiger charge is -2.43. The molecule has 0 aliphatic rings. The van der Waals surface area contributed by atoms with Crippen molar-refractivity contribution < 1.29 is 159 Å². The third-order valence-electron chi connectivity index (χ3n) is 8.03. The van der Waals surface area contributed by atoms with Crippen molar-refractivity contribution in [3.05, 3.63) is 0 Å². The van der Waals surface area contributed by atoms with Crippen LogP contribution in [-0.4, -0.2) is 158 Å². The zero-order valence-corrected chi connectivity index (χ0v) is 38.3. The predicted octanol–water partition coefficient (Wildman–Crippen LogP) is 6.03. The third-order valence-corrected chi connectivity index (χ3v) is 35.3. The van der Waals surface area contributed by atoms with Crippen LogP contribution in [0.15, 0.2) is 0 Å². The Morgan fingerprint density at radius 3 is 0.839 bits per heavy atom. The van der Waals surface area contributed by atoms with E-state index in [9.17, 15) is 149 Å². The molecule has 0 heterocycles. The number of hydrogen-bond acceptors (Lipinski definition) is 2. The number of rotatable bonds is 20. The molecule has 62 heavy (non-hydrogen) atoms. The van der Waals surface area contributed by atoms with Crippen LogP contribution in [0, 0.1) is 0 Å². The molecule has 42 heteroatoms. The Labute approximate surface area is 333 Å². The van der Waals surface area contributed by atoms with E-state index in [-0.39, 0.29) is 9.76 Å². The summed E-state index contributed by atoms with van der Waals surface area (Å²) < 4.78 is 444. The standard InChI is InChI=1S/2C10H11F17OSi3/c11-3(12,1-2-31(28)30-29)4(13,14)5(15,16)6(17,18)7(19,20)8(21,22)9(23,24)10(25,26)27;11-3(12,1-2-4(13,14)15)5(16,17)6(18,19)7(20,21)8(22,23)9(24,25)10(26,27)31(28)30-29/h2*28,31H,1-2,30H2,29H3. The van der Waals surface area contributed by atoms with Crippen molar-refractivity contribution in [2.24, 2.45) is 0 Å². The maximum absolute atomic E-state index is 13.5. The zero-order chi connectivity index (χ0) is 51.4. The Hall–Kier alpha value is -1.16. The maximum atomic E-state index is 13.5. The van der Waals surface area contributed by atoms with Crippen molar-refractivity contribution in [2.45, 2.75) is 120 Å². The molecule has 0 saturated carbocycles. The Morgan fingerprint density at radius 2 is 0.581 bits per heavy atom. The quantitative estimate of drug-likeness (QED) is 0.116. The molecule has 2 atom stereocenters. The lowest BCUT2D eigenvalue weighted by Crippen LogP contribution is -2.75. The second kappa shape index (κ2) is 18.2. The summed E-state index contributed by atoms with van der Waals surface area (Å²) in [6, 6.07) is -1.29. The van der Waals surface area contributed by atoms with Crippen LogP contribution >= 0.6 is 0 Å². The topological polar surface area (TPSA) is 40.5 Å². The lowest BCUT2D eigenvalue weighted by molar-refractivity contribution is -0.461. The predicted molar refractivity (Wildman–Crippen MR) is 156 cm³/mol. The Kier molecular flexibility index (Phi) is 18.4. The van der Waals surface area contributed by atoms with Gasteiger partial charge in [-0.15, -0.1) is 0 Å². The molecule has 0 aliphatic carbocycles. The molecule has 2 unspecified atom stereocenters. The van der Waals surface area contributed by atoms with Crippen molar-refractivity contribution in [1.82, 2.24) is 0 Å². The first-order valence-electron chi connectivity index (χ1n) is 15.2. The van der Waals surface area contributed by atoms with Gasteiger partial charge in [-0.1, -0.05) is 0 Å². The van der Waals surface area contributed by atoms with Crippen LogP contribution in [0.3, 0.4) is 0 Å². The van der Waals surface area contributed by atoms with Gasteiger partial charge in [0.2, 0.25) is 8.56 Å². The van der Waals surface area contributed by atoms with Gasteiger partial charge in [-0.05, 0) is 25.6 Å². The molecule has 2 nitrogen and oxygen atoms in total. The molecule has 0 aromatic heterocycles. The number of halogens is 34. The first-order chi connectivity index (χ1) is 26.4. The first kappa shape index (κ1) is 62.9. The second-order valence-electron chi connectivity index (χ2n) is 12.5. The molecule has 0 saturated heterocycles. The highest BCUT2D eigenvalue weighted by Gasteiger charge is 2.96. The molecular formula is C20H22F34O2Si6. The van der Waals surface area contributed by atoms with Gasteiger partial charge in [-0.2, -0.15) is 140 Å². The van der Waals surface area contributed by atoms with Crippen LogP contribution in [0.1, 0.15) is 19.3 Å². The van der Waals surface area contributed by atoms with Crippen molar-refractivity contribution in [3.63, 3.8) is 0 Å². The van der Waals surface area contributed by atoms with Gasteiger partial charge in [0.1, 0.15) is 8.56 Å². The van der Waals surface area contributed by atoms with Gasteiger partial charge in [-0.3, -0.25) is 0 Å². The van der Waals surface area contributed by atoms with E-state index in [0.717, 1.165) is 0 Å². The van der Waals surface area contributed by atoms with Crippen LogP contribution < -0.4 is 0 Å².